The molecule has 2 aromatic heterocycles. The summed E-state index contributed by atoms with van der Waals surface area (Å²) >= 11 is 3.26. The van der Waals surface area contributed by atoms with Crippen molar-refractivity contribution in [1.82, 2.24) is 20.1 Å². The van der Waals surface area contributed by atoms with E-state index in [1.54, 1.807) is 35.4 Å². The van der Waals surface area contributed by atoms with Crippen molar-refractivity contribution in [3.05, 3.63) is 40.9 Å². The number of carbonyl (C=O) groups is 1. The zero-order valence-corrected chi connectivity index (χ0v) is 11.1. The number of halogens is 1. The zero-order chi connectivity index (χ0) is 13.0. The molecule has 0 aromatic carbocycles. The zero-order valence-electron chi connectivity index (χ0n) is 9.51. The number of anilines is 1. The van der Waals surface area contributed by atoms with E-state index in [-0.39, 0.29) is 5.91 Å². The maximum Gasteiger partial charge on any atom is 0.269 e. The van der Waals surface area contributed by atoms with Gasteiger partial charge in [-0.2, -0.15) is 5.10 Å². The number of carbonyl (C=O) groups excluding carboxylic acids is 1. The number of nitrogens with zero attached hydrogens (tertiary/aromatic N) is 3. The number of rotatable bonds is 4. The van der Waals surface area contributed by atoms with Crippen LogP contribution in [0.2, 0.25) is 0 Å². The molecule has 2 rings (SSSR count). The Kier molecular flexibility index (Phi) is 3.93. The summed E-state index contributed by atoms with van der Waals surface area (Å²) < 4.78 is 2.51. The SMILES string of the molecule is Nc1cnn(CCNC(=O)c2ccc(Br)cn2)c1. The molecule has 2 heterocycles. The second-order valence-corrected chi connectivity index (χ2v) is 4.57. The van der Waals surface area contributed by atoms with Crippen molar-refractivity contribution in [2.45, 2.75) is 6.54 Å². The third kappa shape index (κ3) is 3.30. The van der Waals surface area contributed by atoms with E-state index in [2.05, 4.69) is 31.3 Å². The quantitative estimate of drug-likeness (QED) is 0.884. The molecule has 0 radical (unpaired) electrons. The average Bonchev–Trinajstić information content (AvgIpc) is 2.76. The second-order valence-electron chi connectivity index (χ2n) is 3.65. The van der Waals surface area contributed by atoms with E-state index in [4.69, 9.17) is 5.73 Å². The fourth-order valence-corrected chi connectivity index (χ4v) is 1.62. The Morgan fingerprint density at radius 1 is 1.44 bits per heavy atom. The Morgan fingerprint density at radius 3 is 2.89 bits per heavy atom. The molecule has 18 heavy (non-hydrogen) atoms. The van der Waals surface area contributed by atoms with Crippen LogP contribution in [-0.4, -0.2) is 27.2 Å². The molecule has 0 saturated carbocycles. The normalized spacial score (nSPS) is 10.3. The van der Waals surface area contributed by atoms with Gasteiger partial charge < -0.3 is 11.1 Å². The number of nitrogens with one attached hydrogen (secondary N) is 1. The first-order valence-corrected chi connectivity index (χ1v) is 6.12. The van der Waals surface area contributed by atoms with Crippen molar-refractivity contribution >= 4 is 27.5 Å². The first-order chi connectivity index (χ1) is 8.65. The summed E-state index contributed by atoms with van der Waals surface area (Å²) in [5.74, 6) is -0.206. The van der Waals surface area contributed by atoms with Crippen LogP contribution in [-0.2, 0) is 6.54 Å². The molecule has 1 amide bonds. The van der Waals surface area contributed by atoms with E-state index in [0.29, 0.717) is 24.5 Å². The van der Waals surface area contributed by atoms with E-state index in [9.17, 15) is 4.79 Å². The fourth-order valence-electron chi connectivity index (χ4n) is 1.39. The molecule has 0 spiro atoms. The summed E-state index contributed by atoms with van der Waals surface area (Å²) in [6.45, 7) is 1.04. The molecular weight excluding hydrogens is 298 g/mol. The van der Waals surface area contributed by atoms with Crippen LogP contribution in [0.4, 0.5) is 5.69 Å². The minimum atomic E-state index is -0.206. The fraction of sp³-hybridized carbons (Fsp3) is 0.182. The maximum atomic E-state index is 11.7. The van der Waals surface area contributed by atoms with Gasteiger partial charge in [0.15, 0.2) is 0 Å². The number of aromatic nitrogens is 3. The number of hydrogen-bond donors (Lipinski definition) is 2. The molecule has 7 heteroatoms. The predicted molar refractivity (Wildman–Crippen MR) is 70.9 cm³/mol. The Morgan fingerprint density at radius 2 is 2.28 bits per heavy atom. The highest BCUT2D eigenvalue weighted by atomic mass is 79.9. The van der Waals surface area contributed by atoms with E-state index >= 15 is 0 Å². The average molecular weight is 310 g/mol. The first kappa shape index (κ1) is 12.6. The minimum Gasteiger partial charge on any atom is -0.396 e. The van der Waals surface area contributed by atoms with Crippen LogP contribution < -0.4 is 11.1 Å². The van der Waals surface area contributed by atoms with Crippen LogP contribution in [0.3, 0.4) is 0 Å². The van der Waals surface area contributed by atoms with Gasteiger partial charge >= 0.3 is 0 Å². The van der Waals surface area contributed by atoms with Gasteiger partial charge in [0.1, 0.15) is 5.69 Å². The van der Waals surface area contributed by atoms with Crippen LogP contribution in [0, 0.1) is 0 Å². The lowest BCUT2D eigenvalue weighted by molar-refractivity contribution is 0.0947. The van der Waals surface area contributed by atoms with Crippen molar-refractivity contribution in [1.29, 1.82) is 0 Å². The molecule has 0 fully saturated rings. The smallest absolute Gasteiger partial charge is 0.269 e. The Labute approximate surface area is 112 Å². The van der Waals surface area contributed by atoms with Crippen LogP contribution in [0.1, 0.15) is 10.5 Å². The van der Waals surface area contributed by atoms with E-state index < -0.39 is 0 Å². The first-order valence-electron chi connectivity index (χ1n) is 5.33. The van der Waals surface area contributed by atoms with E-state index in [1.807, 2.05) is 0 Å². The van der Waals surface area contributed by atoms with Crippen molar-refractivity contribution in [3.63, 3.8) is 0 Å². The van der Waals surface area contributed by atoms with Crippen molar-refractivity contribution in [3.8, 4) is 0 Å². The van der Waals surface area contributed by atoms with Gasteiger partial charge in [-0.1, -0.05) is 0 Å². The van der Waals surface area contributed by atoms with Crippen LogP contribution in [0.25, 0.3) is 0 Å². The molecule has 0 aliphatic rings. The number of pyridine rings is 1. The van der Waals surface area contributed by atoms with Crippen LogP contribution >= 0.6 is 15.9 Å². The minimum absolute atomic E-state index is 0.206. The summed E-state index contributed by atoms with van der Waals surface area (Å²) in [5, 5.41) is 6.77. The Balaban J connectivity index is 1.83. The summed E-state index contributed by atoms with van der Waals surface area (Å²) in [6, 6.07) is 3.43. The van der Waals surface area contributed by atoms with Gasteiger partial charge in [0.25, 0.3) is 5.91 Å². The standard InChI is InChI=1S/C11H12BrN5O/c12-8-1-2-10(15-5-8)11(18)14-3-4-17-7-9(13)6-16-17/h1-2,5-7H,3-4,13H2,(H,14,18). The molecule has 0 aliphatic heterocycles. The highest BCUT2D eigenvalue weighted by Crippen LogP contribution is 2.07. The number of nitrogens with two attached hydrogens (primary N) is 1. The lowest BCUT2D eigenvalue weighted by Crippen LogP contribution is -2.28. The maximum absolute atomic E-state index is 11.7. The van der Waals surface area contributed by atoms with Crippen LogP contribution in [0.5, 0.6) is 0 Å². The summed E-state index contributed by atoms with van der Waals surface area (Å²) in [4.78, 5) is 15.7. The highest BCUT2D eigenvalue weighted by Gasteiger charge is 2.05. The largest absolute Gasteiger partial charge is 0.396 e. The molecule has 94 valence electrons. The van der Waals surface area contributed by atoms with E-state index in [0.717, 1.165) is 4.47 Å². The summed E-state index contributed by atoms with van der Waals surface area (Å²) in [5.41, 5.74) is 6.52. The lowest BCUT2D eigenvalue weighted by Gasteiger charge is -2.04. The lowest BCUT2D eigenvalue weighted by atomic mass is 10.3. The predicted octanol–water partition coefficient (Wildman–Crippen LogP) is 1.05. The molecule has 0 bridgehead atoms. The molecule has 0 unspecified atom stereocenters. The number of nitrogen functional groups attached to an aromatic ring is 1. The third-order valence-corrected chi connectivity index (χ3v) is 2.71. The number of hydrogen-bond acceptors (Lipinski definition) is 4. The monoisotopic (exact) mass is 309 g/mol. The van der Waals surface area contributed by atoms with E-state index in [1.165, 1.54) is 0 Å². The van der Waals surface area contributed by atoms with Crippen molar-refractivity contribution in [2.24, 2.45) is 0 Å². The molecule has 3 N–H and O–H groups in total. The van der Waals surface area contributed by atoms with Crippen molar-refractivity contribution < 1.29 is 4.79 Å². The van der Waals surface area contributed by atoms with Gasteiger partial charge in [0.05, 0.1) is 18.4 Å². The summed E-state index contributed by atoms with van der Waals surface area (Å²) in [7, 11) is 0. The molecule has 0 aliphatic carbocycles. The Hall–Kier alpha value is -1.89. The van der Waals surface area contributed by atoms with Crippen molar-refractivity contribution in [2.75, 3.05) is 12.3 Å². The van der Waals surface area contributed by atoms with Gasteiger partial charge in [-0.15, -0.1) is 0 Å². The second kappa shape index (κ2) is 5.63. The Bertz CT molecular complexity index is 537. The summed E-state index contributed by atoms with van der Waals surface area (Å²) in [6.07, 6.45) is 4.87. The molecule has 0 saturated heterocycles. The molecule has 6 nitrogen and oxygen atoms in total. The van der Waals surface area contributed by atoms with Gasteiger partial charge in [-0.25, -0.2) is 4.98 Å². The highest BCUT2D eigenvalue weighted by molar-refractivity contribution is 9.10. The van der Waals surface area contributed by atoms with Gasteiger partial charge in [-0.3, -0.25) is 9.48 Å². The molecular formula is C11H12BrN5O. The van der Waals surface area contributed by atoms with Gasteiger partial charge in [0.2, 0.25) is 0 Å². The topological polar surface area (TPSA) is 85.8 Å². The molecule has 0 atom stereocenters. The van der Waals surface area contributed by atoms with Crippen LogP contribution in [0.15, 0.2) is 35.2 Å². The van der Waals surface area contributed by atoms with Gasteiger partial charge in [-0.05, 0) is 28.1 Å². The number of amides is 1. The third-order valence-electron chi connectivity index (χ3n) is 2.24. The van der Waals surface area contributed by atoms with Gasteiger partial charge in [0, 0.05) is 23.4 Å². The molecule has 2 aromatic rings.